The molecule has 5 nitrogen and oxygen atoms in total. The molecule has 29 heavy (non-hydrogen) atoms. The SMILES string of the molecule is CC(Oc1ccc2c(c1)C(/C=C/c1cnn(CCO)c1)=[C+]2)c1c(Cl)cncc1Cl. The number of halogens is 2. The molecule has 1 aliphatic carbocycles. The van der Waals surface area contributed by atoms with Gasteiger partial charge in [-0.3, -0.25) is 9.67 Å². The van der Waals surface area contributed by atoms with Crippen LogP contribution in [0.3, 0.4) is 0 Å². The maximum atomic E-state index is 8.97. The fourth-order valence-electron chi connectivity index (χ4n) is 3.15. The summed E-state index contributed by atoms with van der Waals surface area (Å²) in [5.74, 6) is 0.725. The van der Waals surface area contributed by atoms with Crippen molar-refractivity contribution in [2.24, 2.45) is 0 Å². The zero-order valence-electron chi connectivity index (χ0n) is 15.6. The molecule has 1 unspecified atom stereocenters. The summed E-state index contributed by atoms with van der Waals surface area (Å²) in [5.41, 5.74) is 4.78. The van der Waals surface area contributed by atoms with Gasteiger partial charge < -0.3 is 9.84 Å². The molecular weight excluding hydrogens is 409 g/mol. The lowest BCUT2D eigenvalue weighted by molar-refractivity contribution is 0.227. The van der Waals surface area contributed by atoms with E-state index in [1.807, 2.05) is 43.5 Å². The molecule has 3 aromatic rings. The van der Waals surface area contributed by atoms with E-state index in [0.29, 0.717) is 22.2 Å². The molecule has 0 radical (unpaired) electrons. The molecular formula is C22H18Cl2N3O2+. The lowest BCUT2D eigenvalue weighted by atomic mass is 9.88. The van der Waals surface area contributed by atoms with Crippen LogP contribution in [0.2, 0.25) is 10.0 Å². The van der Waals surface area contributed by atoms with Crippen LogP contribution in [0.5, 0.6) is 5.75 Å². The number of allylic oxidation sites excluding steroid dienone is 2. The van der Waals surface area contributed by atoms with Gasteiger partial charge in [-0.25, -0.2) is 0 Å². The van der Waals surface area contributed by atoms with Crippen LogP contribution < -0.4 is 4.74 Å². The molecule has 2 heterocycles. The van der Waals surface area contributed by atoms with E-state index in [2.05, 4.69) is 16.2 Å². The second-order valence-electron chi connectivity index (χ2n) is 6.62. The number of ether oxygens (including phenoxy) is 1. The Hall–Kier alpha value is -2.69. The Morgan fingerprint density at radius 2 is 2.00 bits per heavy atom. The first kappa shape index (κ1) is 19.6. The van der Waals surface area contributed by atoms with Crippen molar-refractivity contribution < 1.29 is 9.84 Å². The van der Waals surface area contributed by atoms with Gasteiger partial charge in [0, 0.05) is 60.1 Å². The summed E-state index contributed by atoms with van der Waals surface area (Å²) in [6.07, 6.45) is 13.7. The average molecular weight is 427 g/mol. The van der Waals surface area contributed by atoms with Crippen molar-refractivity contribution in [2.45, 2.75) is 19.6 Å². The number of rotatable bonds is 7. The van der Waals surface area contributed by atoms with Gasteiger partial charge in [0.25, 0.3) is 0 Å². The summed E-state index contributed by atoms with van der Waals surface area (Å²) < 4.78 is 7.78. The van der Waals surface area contributed by atoms with E-state index in [0.717, 1.165) is 28.0 Å². The Morgan fingerprint density at radius 3 is 2.76 bits per heavy atom. The first-order valence-electron chi connectivity index (χ1n) is 9.10. The third-order valence-corrected chi connectivity index (χ3v) is 5.19. The molecule has 1 N–H and O–H groups in total. The Bertz CT molecular complexity index is 1080. The maximum absolute atomic E-state index is 8.97. The van der Waals surface area contributed by atoms with E-state index >= 15 is 0 Å². The molecule has 7 heteroatoms. The summed E-state index contributed by atoms with van der Waals surface area (Å²) in [6, 6.07) is 5.87. The lowest BCUT2D eigenvalue weighted by Gasteiger charge is -2.18. The summed E-state index contributed by atoms with van der Waals surface area (Å²) >= 11 is 12.5. The van der Waals surface area contributed by atoms with E-state index in [1.54, 1.807) is 23.3 Å². The lowest BCUT2D eigenvalue weighted by Crippen LogP contribution is -2.07. The van der Waals surface area contributed by atoms with Gasteiger partial charge in [-0.2, -0.15) is 5.10 Å². The van der Waals surface area contributed by atoms with Gasteiger partial charge in [-0.15, -0.1) is 0 Å². The number of hydrogen-bond donors (Lipinski definition) is 1. The minimum absolute atomic E-state index is 0.0637. The van der Waals surface area contributed by atoms with E-state index in [4.69, 9.17) is 33.0 Å². The predicted octanol–water partition coefficient (Wildman–Crippen LogP) is 4.98. The Labute approximate surface area is 178 Å². The number of pyridine rings is 1. The molecule has 0 spiro atoms. The highest BCUT2D eigenvalue weighted by Crippen LogP contribution is 2.37. The average Bonchev–Trinajstić information content (AvgIpc) is 3.11. The largest absolute Gasteiger partial charge is 0.484 e. The summed E-state index contributed by atoms with van der Waals surface area (Å²) in [4.78, 5) is 3.98. The molecule has 1 aromatic carbocycles. The monoisotopic (exact) mass is 426 g/mol. The zero-order valence-corrected chi connectivity index (χ0v) is 17.2. The standard InChI is InChI=1S/C22H18Cl2N3O2/c1-14(22-20(23)11-25-12-21(22)24)29-18-5-4-17-8-16(19(17)9-18)3-2-15-10-26-27(13-15)6-7-28/h2-5,9-14,28H,6-7H2,1H3/q+1/b3-2+. The van der Waals surface area contributed by atoms with Crippen LogP contribution in [0.1, 0.15) is 35.3 Å². The van der Waals surface area contributed by atoms with Crippen LogP contribution in [0.4, 0.5) is 0 Å². The minimum Gasteiger partial charge on any atom is -0.484 e. The highest BCUT2D eigenvalue weighted by atomic mass is 35.5. The number of aromatic nitrogens is 3. The van der Waals surface area contributed by atoms with Gasteiger partial charge in [-0.1, -0.05) is 23.2 Å². The number of aliphatic hydroxyl groups excluding tert-OH is 1. The van der Waals surface area contributed by atoms with Crippen molar-refractivity contribution in [1.29, 1.82) is 0 Å². The maximum Gasteiger partial charge on any atom is 0.136 e. The number of aliphatic hydroxyl groups is 1. The van der Waals surface area contributed by atoms with Crippen molar-refractivity contribution in [2.75, 3.05) is 6.61 Å². The molecule has 0 fully saturated rings. The highest BCUT2D eigenvalue weighted by molar-refractivity contribution is 6.35. The molecule has 0 aliphatic heterocycles. The molecule has 2 aromatic heterocycles. The van der Waals surface area contributed by atoms with Gasteiger partial charge in [0.05, 0.1) is 35.0 Å². The van der Waals surface area contributed by atoms with Crippen molar-refractivity contribution in [1.82, 2.24) is 14.8 Å². The first-order valence-corrected chi connectivity index (χ1v) is 9.86. The molecule has 0 saturated heterocycles. The Morgan fingerprint density at radius 1 is 1.21 bits per heavy atom. The van der Waals surface area contributed by atoms with Crippen molar-refractivity contribution in [3.63, 3.8) is 0 Å². The summed E-state index contributed by atoms with van der Waals surface area (Å²) in [7, 11) is 0. The quantitative estimate of drug-likeness (QED) is 0.541. The Balaban J connectivity index is 1.47. The normalized spacial score (nSPS) is 13.4. The van der Waals surface area contributed by atoms with Crippen LogP contribution in [0, 0.1) is 6.08 Å². The molecule has 0 amide bonds. The Kier molecular flexibility index (Phi) is 5.65. The van der Waals surface area contributed by atoms with E-state index < -0.39 is 0 Å². The van der Waals surface area contributed by atoms with E-state index in [-0.39, 0.29) is 12.7 Å². The smallest absolute Gasteiger partial charge is 0.136 e. The number of hydrogen-bond acceptors (Lipinski definition) is 4. The van der Waals surface area contributed by atoms with E-state index in [1.165, 1.54) is 0 Å². The fourth-order valence-corrected chi connectivity index (χ4v) is 3.82. The third-order valence-electron chi connectivity index (χ3n) is 4.59. The second-order valence-corrected chi connectivity index (χ2v) is 7.43. The van der Waals surface area contributed by atoms with Crippen LogP contribution in [0.15, 0.2) is 49.1 Å². The van der Waals surface area contributed by atoms with Crippen molar-refractivity contribution in [3.8, 4) is 5.75 Å². The minimum atomic E-state index is -0.319. The molecule has 1 aliphatic rings. The zero-order chi connectivity index (χ0) is 20.4. The molecule has 146 valence electrons. The van der Waals surface area contributed by atoms with Crippen LogP contribution >= 0.6 is 23.2 Å². The number of nitrogens with zero attached hydrogens (tertiary/aromatic N) is 3. The van der Waals surface area contributed by atoms with Crippen LogP contribution in [-0.2, 0) is 6.54 Å². The van der Waals surface area contributed by atoms with Gasteiger partial charge in [0.1, 0.15) is 23.0 Å². The third kappa shape index (κ3) is 4.19. The molecule has 4 rings (SSSR count). The second kappa shape index (κ2) is 8.36. The number of fused-ring (bicyclic) bond motifs is 1. The summed E-state index contributed by atoms with van der Waals surface area (Å²) in [5, 5.41) is 14.1. The predicted molar refractivity (Wildman–Crippen MR) is 114 cm³/mol. The first-order chi connectivity index (χ1) is 14.0. The fraction of sp³-hybridized carbons (Fsp3) is 0.182. The highest BCUT2D eigenvalue weighted by Gasteiger charge is 2.25. The van der Waals surface area contributed by atoms with Crippen LogP contribution in [0.25, 0.3) is 11.6 Å². The van der Waals surface area contributed by atoms with Gasteiger partial charge in [0.2, 0.25) is 0 Å². The van der Waals surface area contributed by atoms with Crippen molar-refractivity contribution >= 4 is 34.9 Å². The summed E-state index contributed by atoms with van der Waals surface area (Å²) in [6.45, 7) is 2.45. The van der Waals surface area contributed by atoms with Gasteiger partial charge in [0.15, 0.2) is 0 Å². The molecule has 1 atom stereocenters. The molecule has 0 saturated carbocycles. The van der Waals surface area contributed by atoms with E-state index in [9.17, 15) is 0 Å². The van der Waals surface area contributed by atoms with Gasteiger partial charge >= 0.3 is 0 Å². The topological polar surface area (TPSA) is 60.2 Å². The van der Waals surface area contributed by atoms with Gasteiger partial charge in [-0.05, 0) is 13.0 Å². The van der Waals surface area contributed by atoms with Crippen molar-refractivity contribution in [3.05, 3.63) is 87.4 Å². The van der Waals surface area contributed by atoms with Crippen LogP contribution in [-0.4, -0.2) is 26.5 Å². The number of benzene rings is 1. The molecule has 0 bridgehead atoms.